The third kappa shape index (κ3) is 4.65. The lowest BCUT2D eigenvalue weighted by molar-refractivity contribution is -0.191. The van der Waals surface area contributed by atoms with Crippen molar-refractivity contribution in [1.29, 1.82) is 0 Å². The number of aromatic carboxylic acids is 1. The lowest BCUT2D eigenvalue weighted by Gasteiger charge is -2.35. The molecule has 5 aliphatic rings. The molecule has 0 aromatic heterocycles. The number of carboxylic acid groups (broad SMARTS) is 1. The molecule has 0 aliphatic carbocycles. The topological polar surface area (TPSA) is 86.9 Å². The number of benzene rings is 3. The van der Waals surface area contributed by atoms with E-state index >= 15 is 0 Å². The summed E-state index contributed by atoms with van der Waals surface area (Å²) in [5.41, 5.74) is 8.90. The van der Waals surface area contributed by atoms with E-state index in [1.165, 1.54) is 33.3 Å². The summed E-state index contributed by atoms with van der Waals surface area (Å²) >= 11 is 13.6. The summed E-state index contributed by atoms with van der Waals surface area (Å²) in [5, 5.41) is 13.3. The highest BCUT2D eigenvalue weighted by Gasteiger charge is 2.36. The molecule has 0 radical (unpaired) electrons. The number of anilines is 1. The molecule has 0 fully saturated rings. The van der Waals surface area contributed by atoms with E-state index in [9.17, 15) is 9.90 Å². The summed E-state index contributed by atoms with van der Waals surface area (Å²) < 4.78 is 9.71. The molecule has 226 valence electrons. The minimum atomic E-state index is -1.07. The zero-order chi connectivity index (χ0) is 30.5. The first-order chi connectivity index (χ1) is 21.4. The summed E-state index contributed by atoms with van der Waals surface area (Å²) in [4.78, 5) is 31.6. The predicted octanol–water partition coefficient (Wildman–Crippen LogP) is 5.32. The van der Waals surface area contributed by atoms with E-state index in [1.807, 2.05) is 0 Å². The summed E-state index contributed by atoms with van der Waals surface area (Å²) in [6.07, 6.45) is 10.9. The van der Waals surface area contributed by atoms with Gasteiger partial charge in [0.2, 0.25) is 5.36 Å². The normalized spacial score (nSPS) is 17.7. The second-order valence-electron chi connectivity index (χ2n) is 12.2. The van der Waals surface area contributed by atoms with Crippen molar-refractivity contribution in [3.05, 3.63) is 83.8 Å². The van der Waals surface area contributed by atoms with Crippen molar-refractivity contribution in [2.75, 3.05) is 31.1 Å². The Morgan fingerprint density at radius 1 is 0.841 bits per heavy atom. The van der Waals surface area contributed by atoms with Crippen LogP contribution in [0.15, 0.2) is 24.3 Å². The van der Waals surface area contributed by atoms with Crippen molar-refractivity contribution in [1.82, 2.24) is 4.58 Å². The van der Waals surface area contributed by atoms with Crippen LogP contribution >= 0.6 is 23.2 Å². The Labute approximate surface area is 265 Å². The number of halogens is 2. The maximum atomic E-state index is 12.8. The zero-order valence-corrected chi connectivity index (χ0v) is 26.0. The molecule has 0 atom stereocenters. The van der Waals surface area contributed by atoms with Crippen LogP contribution in [0.1, 0.15) is 82.3 Å². The van der Waals surface area contributed by atoms with Gasteiger partial charge in [-0.3, -0.25) is 0 Å². The Balaban J connectivity index is 0.00000100. The number of hydrogen-bond acceptors (Lipinski definition) is 5. The van der Waals surface area contributed by atoms with E-state index in [-0.39, 0.29) is 16.7 Å². The lowest BCUT2D eigenvalue weighted by Crippen LogP contribution is -2.41. The molecular formula is C35H33Cl2N2O5+. The van der Waals surface area contributed by atoms with Gasteiger partial charge in [-0.25, -0.2) is 9.37 Å². The van der Waals surface area contributed by atoms with Gasteiger partial charge in [0.25, 0.3) is 0 Å². The largest absolute Gasteiger partial charge is 0.478 e. The number of ether oxygens (including phenoxy) is 1. The fourth-order valence-corrected chi connectivity index (χ4v) is 8.59. The monoisotopic (exact) mass is 631 g/mol. The van der Waals surface area contributed by atoms with Crippen LogP contribution in [-0.2, 0) is 35.3 Å². The molecule has 5 aliphatic heterocycles. The van der Waals surface area contributed by atoms with Crippen LogP contribution in [0.2, 0.25) is 10.0 Å². The second-order valence-corrected chi connectivity index (χ2v) is 13.0. The maximum absolute atomic E-state index is 12.8. The molecule has 5 heterocycles. The van der Waals surface area contributed by atoms with Gasteiger partial charge in [0.05, 0.1) is 16.1 Å². The lowest BCUT2D eigenvalue weighted by atomic mass is 9.83. The molecule has 0 unspecified atom stereocenters. The third-order valence-corrected chi connectivity index (χ3v) is 10.4. The number of carbonyl (C=O) groups excluding carboxylic acids is 2. The number of rotatable bonds is 2. The summed E-state index contributed by atoms with van der Waals surface area (Å²) in [5.74, 6) is 0.699. The van der Waals surface area contributed by atoms with Crippen LogP contribution in [0.25, 0.3) is 5.57 Å². The summed E-state index contributed by atoms with van der Waals surface area (Å²) in [6.45, 7) is 4.29. The quantitative estimate of drug-likeness (QED) is 0.301. The molecule has 3 aromatic carbocycles. The van der Waals surface area contributed by atoms with Gasteiger partial charge in [0.15, 0.2) is 0 Å². The second kappa shape index (κ2) is 11.7. The van der Waals surface area contributed by atoms with E-state index < -0.39 is 5.97 Å². The first kappa shape index (κ1) is 29.1. The molecule has 8 rings (SSSR count). The van der Waals surface area contributed by atoms with Crippen LogP contribution in [0.4, 0.5) is 5.69 Å². The molecule has 7 nitrogen and oxygen atoms in total. The van der Waals surface area contributed by atoms with Crippen LogP contribution in [-0.4, -0.2) is 43.4 Å². The van der Waals surface area contributed by atoms with Crippen molar-refractivity contribution < 1.29 is 24.2 Å². The predicted molar refractivity (Wildman–Crippen MR) is 168 cm³/mol. The first-order valence-corrected chi connectivity index (χ1v) is 16.3. The highest BCUT2D eigenvalue weighted by molar-refractivity contribution is 6.37. The van der Waals surface area contributed by atoms with Crippen molar-refractivity contribution in [3.8, 4) is 11.5 Å². The van der Waals surface area contributed by atoms with Gasteiger partial charge in [0, 0.05) is 69.7 Å². The third-order valence-electron chi connectivity index (χ3n) is 9.76. The van der Waals surface area contributed by atoms with Crippen LogP contribution in [0.5, 0.6) is 11.5 Å². The Kier molecular flexibility index (Phi) is 7.74. The molecule has 0 saturated heterocycles. The molecule has 0 bridgehead atoms. The van der Waals surface area contributed by atoms with Crippen LogP contribution in [0, 0.1) is 0 Å². The number of carboxylic acids is 1. The number of aryl methyl sites for hydroxylation is 2. The van der Waals surface area contributed by atoms with Crippen LogP contribution in [0.3, 0.4) is 0 Å². The number of hydrogen-bond donors (Lipinski definition) is 1. The number of carbonyl (C=O) groups is 1. The van der Waals surface area contributed by atoms with Gasteiger partial charge in [0.1, 0.15) is 24.6 Å². The van der Waals surface area contributed by atoms with Gasteiger partial charge in [-0.15, -0.1) is 0 Å². The molecule has 0 saturated carbocycles. The summed E-state index contributed by atoms with van der Waals surface area (Å²) in [6, 6.07) is 7.88. The van der Waals surface area contributed by atoms with Crippen molar-refractivity contribution in [2.45, 2.75) is 64.2 Å². The minimum Gasteiger partial charge on any atom is -0.478 e. The van der Waals surface area contributed by atoms with E-state index in [0.717, 1.165) is 118 Å². The highest BCUT2D eigenvalue weighted by atomic mass is 35.5. The zero-order valence-electron chi connectivity index (χ0n) is 24.4. The van der Waals surface area contributed by atoms with Gasteiger partial charge in [-0.05, 0) is 81.2 Å². The molecule has 1 N–H and O–H groups in total. The fourth-order valence-electron chi connectivity index (χ4n) is 8.10. The number of nitrogens with zero attached hydrogens (tertiary/aromatic N) is 2. The van der Waals surface area contributed by atoms with Gasteiger partial charge >= 0.3 is 12.1 Å². The van der Waals surface area contributed by atoms with Crippen LogP contribution < -0.4 is 24.8 Å². The minimum absolute atomic E-state index is 0.0587. The Morgan fingerprint density at radius 2 is 1.55 bits per heavy atom. The van der Waals surface area contributed by atoms with Gasteiger partial charge in [-0.1, -0.05) is 23.2 Å². The smallest absolute Gasteiger partial charge is 0.373 e. The first-order valence-electron chi connectivity index (χ1n) is 15.6. The fraction of sp³-hybridized carbons (Fsp3) is 0.400. The molecule has 9 heteroatoms. The molecular weight excluding hydrogens is 599 g/mol. The number of fused-ring (bicyclic) bond motifs is 4. The average molecular weight is 633 g/mol. The molecule has 0 spiro atoms. The van der Waals surface area contributed by atoms with Crippen molar-refractivity contribution in [3.63, 3.8) is 0 Å². The summed E-state index contributed by atoms with van der Waals surface area (Å²) in [7, 11) is 0. The molecule has 3 aromatic rings. The highest BCUT2D eigenvalue weighted by Crippen LogP contribution is 2.49. The maximum Gasteiger partial charge on any atom is 0.373 e. The average Bonchev–Trinajstić information content (AvgIpc) is 3.37. The Bertz CT molecular complexity index is 1890. The van der Waals surface area contributed by atoms with Crippen molar-refractivity contribution in [2.24, 2.45) is 0 Å². The van der Waals surface area contributed by atoms with E-state index in [4.69, 9.17) is 37.5 Å². The van der Waals surface area contributed by atoms with E-state index in [1.54, 1.807) is 12.1 Å². The Morgan fingerprint density at radius 3 is 2.36 bits per heavy atom. The van der Waals surface area contributed by atoms with Gasteiger partial charge in [-0.2, -0.15) is 9.59 Å². The molecule has 44 heavy (non-hydrogen) atoms. The Hall–Kier alpha value is -3.64. The SMILES string of the molecule is O=C(O)c1c(Cl)ccc(Cl)c1C1=c2cc3c4c(c2Oc2c1cc1c5c2CCCCN5CCC1)CCCC[N+]=4CCC3.O=C=O. The van der Waals surface area contributed by atoms with E-state index in [2.05, 4.69) is 21.6 Å². The standard InChI is InChI=1S/C34H32Cl2N2O3.CO2/c35-25-11-12-26(36)29(34(39)40)28(25)27-23-17-19-7-5-15-37-13-3-1-9-21(30(19)37)32(23)41-33-22-10-2-4-14-38-16-6-8-20(31(22)38)18-24(27)33;2-1-3/h11-12,17-18H,1-10,13-16H2;/p+1. The van der Waals surface area contributed by atoms with E-state index in [0.29, 0.717) is 10.6 Å². The molecule has 0 amide bonds. The van der Waals surface area contributed by atoms with Gasteiger partial charge < -0.3 is 14.7 Å². The van der Waals surface area contributed by atoms with Crippen molar-refractivity contribution >= 4 is 46.6 Å².